The van der Waals surface area contributed by atoms with Gasteiger partial charge >= 0.3 is 6.09 Å². The molecule has 0 bridgehead atoms. The number of anilines is 3. The Balaban J connectivity index is 1.83. The van der Waals surface area contributed by atoms with Crippen molar-refractivity contribution in [3.63, 3.8) is 0 Å². The Morgan fingerprint density at radius 1 is 1.29 bits per heavy atom. The number of carbonyl (C=O) groups is 1. The molecule has 0 atom stereocenters. The van der Waals surface area contributed by atoms with E-state index in [1.165, 1.54) is 16.7 Å². The molecular formula is C18H20FN3O2. The predicted octanol–water partition coefficient (Wildman–Crippen LogP) is 3.80. The van der Waals surface area contributed by atoms with Crippen LogP contribution in [0.3, 0.4) is 0 Å². The van der Waals surface area contributed by atoms with Crippen molar-refractivity contribution in [3.8, 4) is 0 Å². The molecule has 3 N–H and O–H groups in total. The first-order chi connectivity index (χ1) is 11.5. The summed E-state index contributed by atoms with van der Waals surface area (Å²) in [7, 11) is 0. The number of carbonyl (C=O) groups excluding carboxylic acids is 1. The van der Waals surface area contributed by atoms with Crippen LogP contribution in [0, 0.1) is 12.7 Å². The molecule has 126 valence electrons. The molecule has 5 nitrogen and oxygen atoms in total. The first kappa shape index (κ1) is 16.1. The Bertz CT molecular complexity index is 792. The third-order valence-corrected chi connectivity index (χ3v) is 4.10. The van der Waals surface area contributed by atoms with E-state index in [2.05, 4.69) is 23.5 Å². The fraction of sp³-hybridized carbons (Fsp3) is 0.278. The molecule has 24 heavy (non-hydrogen) atoms. The van der Waals surface area contributed by atoms with Crippen molar-refractivity contribution in [2.75, 3.05) is 22.6 Å². The average molecular weight is 329 g/mol. The monoisotopic (exact) mass is 329 g/mol. The first-order valence-electron chi connectivity index (χ1n) is 7.84. The third kappa shape index (κ3) is 2.99. The van der Waals surface area contributed by atoms with E-state index in [0.717, 1.165) is 0 Å². The number of ether oxygens (including phenoxy) is 1. The number of nitrogens with zero attached hydrogens (tertiary/aromatic N) is 1. The van der Waals surface area contributed by atoms with Crippen molar-refractivity contribution in [1.82, 2.24) is 0 Å². The second kappa shape index (κ2) is 6.39. The Morgan fingerprint density at radius 2 is 2.04 bits per heavy atom. The molecule has 2 aromatic rings. The summed E-state index contributed by atoms with van der Waals surface area (Å²) in [5.74, 6) is -0.533. The highest BCUT2D eigenvalue weighted by atomic mass is 19.1. The minimum absolute atomic E-state index is 0.0901. The highest BCUT2D eigenvalue weighted by molar-refractivity contribution is 5.90. The van der Waals surface area contributed by atoms with E-state index in [1.807, 2.05) is 11.8 Å². The fourth-order valence-electron chi connectivity index (χ4n) is 2.91. The van der Waals surface area contributed by atoms with Crippen LogP contribution in [-0.4, -0.2) is 12.7 Å². The van der Waals surface area contributed by atoms with Gasteiger partial charge in [0.05, 0.1) is 23.7 Å². The summed E-state index contributed by atoms with van der Waals surface area (Å²) in [6, 6.07) is 9.47. The molecule has 2 aromatic carbocycles. The molecule has 0 aromatic heterocycles. The van der Waals surface area contributed by atoms with Crippen LogP contribution in [-0.2, 0) is 17.8 Å². The second-order valence-corrected chi connectivity index (χ2v) is 5.83. The van der Waals surface area contributed by atoms with Crippen molar-refractivity contribution >= 4 is 23.2 Å². The lowest BCUT2D eigenvalue weighted by atomic mass is 10.1. The molecule has 0 unspecified atom stereocenters. The number of hydrogen-bond donors (Lipinski definition) is 2. The maximum absolute atomic E-state index is 14.7. The molecule has 0 aliphatic carbocycles. The Morgan fingerprint density at radius 3 is 2.79 bits per heavy atom. The zero-order valence-corrected chi connectivity index (χ0v) is 13.7. The number of nitrogens with one attached hydrogen (secondary N) is 1. The molecule has 1 heterocycles. The summed E-state index contributed by atoms with van der Waals surface area (Å²) in [6.07, 6.45) is -0.652. The van der Waals surface area contributed by atoms with Gasteiger partial charge < -0.3 is 15.4 Å². The summed E-state index contributed by atoms with van der Waals surface area (Å²) in [5.41, 5.74) is 9.97. The Hall–Kier alpha value is -2.76. The van der Waals surface area contributed by atoms with Crippen LogP contribution in [0.2, 0.25) is 0 Å². The van der Waals surface area contributed by atoms with Gasteiger partial charge in [0.2, 0.25) is 0 Å². The number of nitrogen functional groups attached to an aromatic ring is 1. The van der Waals surface area contributed by atoms with E-state index in [1.54, 1.807) is 19.1 Å². The topological polar surface area (TPSA) is 67.6 Å². The number of amides is 1. The Labute approximate surface area is 140 Å². The molecule has 0 fully saturated rings. The summed E-state index contributed by atoms with van der Waals surface area (Å²) in [6.45, 7) is 5.24. The highest BCUT2D eigenvalue weighted by Crippen LogP contribution is 2.35. The van der Waals surface area contributed by atoms with Gasteiger partial charge in [0.1, 0.15) is 0 Å². The maximum Gasteiger partial charge on any atom is 0.411 e. The van der Waals surface area contributed by atoms with Crippen molar-refractivity contribution in [2.45, 2.75) is 26.9 Å². The number of nitrogens with two attached hydrogens (primary N) is 1. The number of rotatable bonds is 3. The first-order valence-corrected chi connectivity index (χ1v) is 7.84. The van der Waals surface area contributed by atoms with Gasteiger partial charge in [-0.3, -0.25) is 5.32 Å². The van der Waals surface area contributed by atoms with Gasteiger partial charge in [-0.25, -0.2) is 9.18 Å². The van der Waals surface area contributed by atoms with Gasteiger partial charge in [-0.2, -0.15) is 0 Å². The quantitative estimate of drug-likeness (QED) is 0.841. The van der Waals surface area contributed by atoms with Gasteiger partial charge in [0.15, 0.2) is 5.82 Å². The average Bonchev–Trinajstić information content (AvgIpc) is 2.95. The highest BCUT2D eigenvalue weighted by Gasteiger charge is 2.23. The summed E-state index contributed by atoms with van der Waals surface area (Å²) in [5, 5.41) is 2.45. The van der Waals surface area contributed by atoms with Crippen molar-refractivity contribution in [1.29, 1.82) is 0 Å². The van der Waals surface area contributed by atoms with Gasteiger partial charge in [-0.05, 0) is 37.1 Å². The van der Waals surface area contributed by atoms with E-state index >= 15 is 0 Å². The van der Waals surface area contributed by atoms with E-state index in [4.69, 9.17) is 10.5 Å². The minimum Gasteiger partial charge on any atom is -0.450 e. The van der Waals surface area contributed by atoms with Crippen LogP contribution in [0.4, 0.5) is 26.2 Å². The number of halogens is 1. The molecule has 0 radical (unpaired) electrons. The summed E-state index contributed by atoms with van der Waals surface area (Å²) in [4.78, 5) is 13.4. The largest absolute Gasteiger partial charge is 0.450 e. The van der Waals surface area contributed by atoms with Crippen LogP contribution < -0.4 is 16.0 Å². The van der Waals surface area contributed by atoms with Gasteiger partial charge in [0, 0.05) is 13.1 Å². The zero-order valence-electron chi connectivity index (χ0n) is 13.7. The minimum atomic E-state index is -0.652. The normalized spacial score (nSPS) is 12.9. The summed E-state index contributed by atoms with van der Waals surface area (Å²) < 4.78 is 19.5. The van der Waals surface area contributed by atoms with Crippen LogP contribution >= 0.6 is 0 Å². The van der Waals surface area contributed by atoms with Crippen LogP contribution in [0.25, 0.3) is 0 Å². The maximum atomic E-state index is 14.7. The molecular weight excluding hydrogens is 309 g/mol. The molecule has 6 heteroatoms. The van der Waals surface area contributed by atoms with E-state index < -0.39 is 11.9 Å². The molecule has 1 amide bonds. The van der Waals surface area contributed by atoms with Crippen molar-refractivity contribution in [3.05, 3.63) is 52.8 Å². The van der Waals surface area contributed by atoms with E-state index in [-0.39, 0.29) is 18.0 Å². The zero-order chi connectivity index (χ0) is 17.3. The lowest BCUT2D eigenvalue weighted by molar-refractivity contribution is 0.168. The standard InChI is InChI=1S/C18H20FN3O2/c1-3-24-18(23)21-14-6-7-15(16(19)17(14)20)22-9-12-5-4-11(2)8-13(12)10-22/h4-8H,3,9-10,20H2,1-2H3,(H,21,23). The van der Waals surface area contributed by atoms with Gasteiger partial charge in [-0.15, -0.1) is 0 Å². The second-order valence-electron chi connectivity index (χ2n) is 5.83. The molecule has 1 aliphatic heterocycles. The third-order valence-electron chi connectivity index (χ3n) is 4.10. The van der Waals surface area contributed by atoms with Crippen LogP contribution in [0.15, 0.2) is 30.3 Å². The molecule has 3 rings (SSSR count). The lowest BCUT2D eigenvalue weighted by Crippen LogP contribution is -2.19. The van der Waals surface area contributed by atoms with Crippen molar-refractivity contribution < 1.29 is 13.9 Å². The SMILES string of the molecule is CCOC(=O)Nc1ccc(N2Cc3ccc(C)cc3C2)c(F)c1N. The fourth-order valence-corrected chi connectivity index (χ4v) is 2.91. The number of aryl methyl sites for hydroxylation is 1. The van der Waals surface area contributed by atoms with E-state index in [0.29, 0.717) is 18.8 Å². The number of benzene rings is 2. The molecule has 0 saturated heterocycles. The molecule has 0 saturated carbocycles. The lowest BCUT2D eigenvalue weighted by Gasteiger charge is -2.20. The summed E-state index contributed by atoms with van der Waals surface area (Å²) >= 11 is 0. The number of fused-ring (bicyclic) bond motifs is 1. The number of hydrogen-bond acceptors (Lipinski definition) is 4. The predicted molar refractivity (Wildman–Crippen MR) is 92.5 cm³/mol. The smallest absolute Gasteiger partial charge is 0.411 e. The molecule has 0 spiro atoms. The van der Waals surface area contributed by atoms with Gasteiger partial charge in [0.25, 0.3) is 0 Å². The van der Waals surface area contributed by atoms with Crippen LogP contribution in [0.1, 0.15) is 23.6 Å². The van der Waals surface area contributed by atoms with Gasteiger partial charge in [-0.1, -0.05) is 23.8 Å². The van der Waals surface area contributed by atoms with E-state index in [9.17, 15) is 9.18 Å². The van der Waals surface area contributed by atoms with Crippen molar-refractivity contribution in [2.24, 2.45) is 0 Å². The molecule has 1 aliphatic rings. The van der Waals surface area contributed by atoms with Crippen LogP contribution in [0.5, 0.6) is 0 Å². The Kier molecular flexibility index (Phi) is 4.29.